The summed E-state index contributed by atoms with van der Waals surface area (Å²) in [6, 6.07) is 4.14. The van der Waals surface area contributed by atoms with Gasteiger partial charge in [-0.2, -0.15) is 0 Å². The highest BCUT2D eigenvalue weighted by atomic mass is 79.9. The second-order valence-electron chi connectivity index (χ2n) is 3.68. The van der Waals surface area contributed by atoms with E-state index < -0.39 is 17.7 Å². The van der Waals surface area contributed by atoms with Crippen LogP contribution >= 0.6 is 15.9 Å². The van der Waals surface area contributed by atoms with E-state index in [1.54, 1.807) is 0 Å². The number of esters is 1. The predicted octanol–water partition coefficient (Wildman–Crippen LogP) is 2.22. The Morgan fingerprint density at radius 2 is 2.11 bits per heavy atom. The van der Waals surface area contributed by atoms with E-state index in [-0.39, 0.29) is 18.5 Å². The van der Waals surface area contributed by atoms with Crippen LogP contribution in [-0.2, 0) is 9.53 Å². The average Bonchev–Trinajstić information content (AvgIpc) is 2.37. The summed E-state index contributed by atoms with van der Waals surface area (Å²) in [5.74, 6) is -1.48. The van der Waals surface area contributed by atoms with Crippen LogP contribution in [-0.4, -0.2) is 37.5 Å². The van der Waals surface area contributed by atoms with Crippen molar-refractivity contribution in [2.75, 3.05) is 20.7 Å². The third kappa shape index (κ3) is 3.80. The lowest BCUT2D eigenvalue weighted by Gasteiger charge is -2.17. The second-order valence-corrected chi connectivity index (χ2v) is 4.59. The van der Waals surface area contributed by atoms with E-state index in [9.17, 15) is 14.0 Å². The number of methoxy groups -OCH3 is 1. The van der Waals surface area contributed by atoms with Gasteiger partial charge in [-0.3, -0.25) is 9.59 Å². The van der Waals surface area contributed by atoms with Crippen molar-refractivity contribution in [2.45, 2.75) is 6.42 Å². The fraction of sp³-hybridized carbons (Fsp3) is 0.333. The van der Waals surface area contributed by atoms with E-state index in [1.807, 2.05) is 0 Å². The number of benzene rings is 1. The summed E-state index contributed by atoms with van der Waals surface area (Å²) in [6.07, 6.45) is 0.0777. The minimum Gasteiger partial charge on any atom is -0.469 e. The van der Waals surface area contributed by atoms with E-state index in [1.165, 1.54) is 37.3 Å². The van der Waals surface area contributed by atoms with Gasteiger partial charge in [0, 0.05) is 18.1 Å². The zero-order valence-electron chi connectivity index (χ0n) is 10.1. The molecule has 0 aliphatic heterocycles. The van der Waals surface area contributed by atoms with Crippen LogP contribution in [0.4, 0.5) is 4.39 Å². The summed E-state index contributed by atoms with van der Waals surface area (Å²) in [5.41, 5.74) is -0.0308. The van der Waals surface area contributed by atoms with Crippen molar-refractivity contribution in [3.8, 4) is 0 Å². The highest BCUT2D eigenvalue weighted by molar-refractivity contribution is 9.10. The Morgan fingerprint density at radius 3 is 2.72 bits per heavy atom. The van der Waals surface area contributed by atoms with Crippen molar-refractivity contribution in [3.05, 3.63) is 34.1 Å². The lowest BCUT2D eigenvalue weighted by molar-refractivity contribution is -0.140. The van der Waals surface area contributed by atoms with Crippen molar-refractivity contribution >= 4 is 27.8 Å². The minimum absolute atomic E-state index is 0.0308. The number of rotatable bonds is 4. The maximum absolute atomic E-state index is 13.5. The summed E-state index contributed by atoms with van der Waals surface area (Å²) in [5, 5.41) is 0. The Labute approximate surface area is 113 Å². The third-order valence-electron chi connectivity index (χ3n) is 2.38. The average molecular weight is 318 g/mol. The molecule has 0 atom stereocenters. The summed E-state index contributed by atoms with van der Waals surface area (Å²) < 4.78 is 18.6. The molecule has 4 nitrogen and oxygen atoms in total. The molecule has 0 aromatic heterocycles. The Bertz CT molecular complexity index is 465. The first-order valence-corrected chi connectivity index (χ1v) is 6.02. The zero-order valence-corrected chi connectivity index (χ0v) is 11.7. The van der Waals surface area contributed by atoms with Crippen LogP contribution in [0.1, 0.15) is 16.8 Å². The fourth-order valence-electron chi connectivity index (χ4n) is 1.33. The Morgan fingerprint density at radius 1 is 1.44 bits per heavy atom. The van der Waals surface area contributed by atoms with Crippen molar-refractivity contribution in [2.24, 2.45) is 0 Å². The van der Waals surface area contributed by atoms with Gasteiger partial charge in [0.15, 0.2) is 0 Å². The molecule has 0 fully saturated rings. The maximum atomic E-state index is 13.5. The number of ether oxygens (including phenoxy) is 1. The van der Waals surface area contributed by atoms with E-state index >= 15 is 0 Å². The Kier molecular flexibility index (Phi) is 5.27. The number of carbonyl (C=O) groups is 2. The van der Waals surface area contributed by atoms with E-state index in [0.717, 1.165) is 0 Å². The van der Waals surface area contributed by atoms with Crippen molar-refractivity contribution in [1.82, 2.24) is 4.90 Å². The molecule has 0 saturated heterocycles. The highest BCUT2D eigenvalue weighted by Gasteiger charge is 2.17. The first-order valence-electron chi connectivity index (χ1n) is 5.23. The monoisotopic (exact) mass is 317 g/mol. The van der Waals surface area contributed by atoms with Crippen molar-refractivity contribution in [1.29, 1.82) is 0 Å². The number of nitrogens with zero attached hydrogens (tertiary/aromatic N) is 1. The normalized spacial score (nSPS) is 10.0. The van der Waals surface area contributed by atoms with Gasteiger partial charge in [0.05, 0.1) is 19.1 Å². The minimum atomic E-state index is -0.590. The molecular formula is C12H13BrFNO3. The van der Waals surface area contributed by atoms with Crippen LogP contribution in [0.5, 0.6) is 0 Å². The Balaban J connectivity index is 2.74. The smallest absolute Gasteiger partial charge is 0.307 e. The second kappa shape index (κ2) is 6.49. The summed E-state index contributed by atoms with van der Waals surface area (Å²) in [4.78, 5) is 24.2. The first-order chi connectivity index (χ1) is 8.45. The largest absolute Gasteiger partial charge is 0.469 e. The van der Waals surface area contributed by atoms with E-state index in [4.69, 9.17) is 0 Å². The molecule has 1 aromatic rings. The number of hydrogen-bond acceptors (Lipinski definition) is 3. The molecule has 0 spiro atoms. The van der Waals surface area contributed by atoms with Gasteiger partial charge in [-0.15, -0.1) is 0 Å². The topological polar surface area (TPSA) is 46.6 Å². The molecule has 0 heterocycles. The maximum Gasteiger partial charge on any atom is 0.307 e. The molecule has 0 aliphatic rings. The quantitative estimate of drug-likeness (QED) is 0.800. The van der Waals surface area contributed by atoms with Gasteiger partial charge in [-0.05, 0) is 18.2 Å². The lowest BCUT2D eigenvalue weighted by Crippen LogP contribution is -2.30. The standard InChI is InChI=1S/C12H13BrFNO3/c1-15(6-5-11(16)18-2)12(17)9-7-8(13)3-4-10(9)14/h3-4,7H,5-6H2,1-2H3. The highest BCUT2D eigenvalue weighted by Crippen LogP contribution is 2.17. The van der Waals surface area contributed by atoms with Crippen LogP contribution in [0.15, 0.2) is 22.7 Å². The van der Waals surface area contributed by atoms with E-state index in [0.29, 0.717) is 4.47 Å². The molecule has 0 saturated carbocycles. The van der Waals surface area contributed by atoms with E-state index in [2.05, 4.69) is 20.7 Å². The van der Waals surface area contributed by atoms with Crippen LogP contribution in [0.3, 0.4) is 0 Å². The molecule has 0 bridgehead atoms. The molecule has 1 rings (SSSR count). The summed E-state index contributed by atoms with van der Waals surface area (Å²) in [7, 11) is 2.78. The fourth-order valence-corrected chi connectivity index (χ4v) is 1.69. The van der Waals surface area contributed by atoms with Gasteiger partial charge >= 0.3 is 5.97 Å². The molecule has 0 N–H and O–H groups in total. The van der Waals surface area contributed by atoms with Gasteiger partial charge in [0.1, 0.15) is 5.82 Å². The SMILES string of the molecule is COC(=O)CCN(C)C(=O)c1cc(Br)ccc1F. The molecule has 1 amide bonds. The van der Waals surface area contributed by atoms with Crippen LogP contribution < -0.4 is 0 Å². The van der Waals surface area contributed by atoms with Gasteiger partial charge in [-0.1, -0.05) is 15.9 Å². The van der Waals surface area contributed by atoms with Crippen LogP contribution in [0.25, 0.3) is 0 Å². The molecule has 0 aliphatic carbocycles. The predicted molar refractivity (Wildman–Crippen MR) is 67.7 cm³/mol. The van der Waals surface area contributed by atoms with Crippen LogP contribution in [0.2, 0.25) is 0 Å². The number of halogens is 2. The molecule has 1 aromatic carbocycles. The molecular weight excluding hydrogens is 305 g/mol. The molecule has 6 heteroatoms. The van der Waals surface area contributed by atoms with Gasteiger partial charge < -0.3 is 9.64 Å². The van der Waals surface area contributed by atoms with Crippen LogP contribution in [0, 0.1) is 5.82 Å². The van der Waals surface area contributed by atoms with Crippen molar-refractivity contribution in [3.63, 3.8) is 0 Å². The van der Waals surface area contributed by atoms with Gasteiger partial charge in [0.2, 0.25) is 0 Å². The van der Waals surface area contributed by atoms with Gasteiger partial charge in [0.25, 0.3) is 5.91 Å². The third-order valence-corrected chi connectivity index (χ3v) is 2.88. The number of carbonyl (C=O) groups excluding carboxylic acids is 2. The van der Waals surface area contributed by atoms with Crippen molar-refractivity contribution < 1.29 is 18.7 Å². The molecule has 0 unspecified atom stereocenters. The molecule has 98 valence electrons. The molecule has 18 heavy (non-hydrogen) atoms. The van der Waals surface area contributed by atoms with Gasteiger partial charge in [-0.25, -0.2) is 4.39 Å². The lowest BCUT2D eigenvalue weighted by atomic mass is 10.2. The first kappa shape index (κ1) is 14.6. The summed E-state index contributed by atoms with van der Waals surface area (Å²) >= 11 is 3.18. The Hall–Kier alpha value is -1.43. The molecule has 0 radical (unpaired) electrons. The summed E-state index contributed by atoms with van der Waals surface area (Å²) in [6.45, 7) is 0.178. The number of amides is 1. The number of hydrogen-bond donors (Lipinski definition) is 0. The zero-order chi connectivity index (χ0) is 13.7.